The maximum absolute atomic E-state index is 5.83. The predicted molar refractivity (Wildman–Crippen MR) is 71.8 cm³/mol. The number of aromatic amines is 1. The molecule has 96 valence electrons. The van der Waals surface area contributed by atoms with Gasteiger partial charge in [-0.3, -0.25) is 0 Å². The van der Waals surface area contributed by atoms with E-state index in [1.165, 1.54) is 5.56 Å². The van der Waals surface area contributed by atoms with E-state index in [9.17, 15) is 0 Å². The lowest BCUT2D eigenvalue weighted by atomic mass is 10.2. The van der Waals surface area contributed by atoms with Crippen LogP contribution in [0.1, 0.15) is 18.2 Å². The average molecular weight is 266 g/mol. The summed E-state index contributed by atoms with van der Waals surface area (Å²) in [7, 11) is 0. The second-order valence-electron chi connectivity index (χ2n) is 3.89. The van der Waals surface area contributed by atoms with Crippen molar-refractivity contribution in [1.29, 1.82) is 0 Å². The molecule has 0 aliphatic rings. The number of aromatic nitrogens is 2. The molecule has 2 N–H and O–H groups in total. The number of nitrogens with zero attached hydrogens (tertiary/aromatic N) is 1. The van der Waals surface area contributed by atoms with Crippen LogP contribution in [0.15, 0.2) is 30.3 Å². The first-order valence-electron chi connectivity index (χ1n) is 5.90. The molecule has 1 aromatic carbocycles. The first-order chi connectivity index (χ1) is 8.78. The molecule has 1 heterocycles. The zero-order valence-corrected chi connectivity index (χ0v) is 11.0. The number of H-pyrrole nitrogens is 1. The quantitative estimate of drug-likeness (QED) is 0.844. The number of halogens is 1. The van der Waals surface area contributed by atoms with Crippen LogP contribution in [-0.4, -0.2) is 16.8 Å². The highest BCUT2D eigenvalue weighted by atomic mass is 35.5. The van der Waals surface area contributed by atoms with Gasteiger partial charge in [0.15, 0.2) is 0 Å². The third-order valence-electron chi connectivity index (χ3n) is 2.46. The summed E-state index contributed by atoms with van der Waals surface area (Å²) in [5.74, 6) is 0.709. The summed E-state index contributed by atoms with van der Waals surface area (Å²) in [6.07, 6.45) is 0. The van der Waals surface area contributed by atoms with E-state index in [4.69, 9.17) is 16.3 Å². The first kappa shape index (κ1) is 12.9. The van der Waals surface area contributed by atoms with Crippen molar-refractivity contribution >= 4 is 11.6 Å². The summed E-state index contributed by atoms with van der Waals surface area (Å²) in [6.45, 7) is 4.07. The van der Waals surface area contributed by atoms with E-state index in [0.29, 0.717) is 19.0 Å². The van der Waals surface area contributed by atoms with Gasteiger partial charge >= 0.3 is 0 Å². The molecule has 0 saturated carbocycles. The molecule has 2 rings (SSSR count). The molecule has 1 aromatic heterocycles. The van der Waals surface area contributed by atoms with Gasteiger partial charge in [-0.15, -0.1) is 0 Å². The fourth-order valence-corrected chi connectivity index (χ4v) is 1.73. The minimum Gasteiger partial charge on any atom is -0.478 e. The first-order valence-corrected chi connectivity index (χ1v) is 6.28. The van der Waals surface area contributed by atoms with Crippen LogP contribution in [0.2, 0.25) is 5.02 Å². The van der Waals surface area contributed by atoms with Crippen LogP contribution >= 0.6 is 11.6 Å². The van der Waals surface area contributed by atoms with Crippen molar-refractivity contribution in [1.82, 2.24) is 15.5 Å². The van der Waals surface area contributed by atoms with Gasteiger partial charge in [-0.05, 0) is 24.6 Å². The molecule has 18 heavy (non-hydrogen) atoms. The second kappa shape index (κ2) is 6.42. The number of nitrogens with one attached hydrogen (secondary N) is 2. The van der Waals surface area contributed by atoms with Gasteiger partial charge in [0.25, 0.3) is 0 Å². The lowest BCUT2D eigenvalue weighted by Crippen LogP contribution is -2.12. The summed E-state index contributed by atoms with van der Waals surface area (Å²) in [5.41, 5.74) is 2.13. The molecule has 0 radical (unpaired) electrons. The maximum Gasteiger partial charge on any atom is 0.209 e. The summed E-state index contributed by atoms with van der Waals surface area (Å²) < 4.78 is 5.30. The van der Waals surface area contributed by atoms with Crippen LogP contribution in [0, 0.1) is 0 Å². The van der Waals surface area contributed by atoms with Gasteiger partial charge in [0.1, 0.15) is 0 Å². The molecule has 0 atom stereocenters. The highest BCUT2D eigenvalue weighted by molar-refractivity contribution is 6.30. The normalized spacial score (nSPS) is 10.6. The van der Waals surface area contributed by atoms with Crippen molar-refractivity contribution in [3.05, 3.63) is 46.6 Å². The number of hydrogen-bond acceptors (Lipinski definition) is 3. The fraction of sp³-hybridized carbons (Fsp3) is 0.308. The Balaban J connectivity index is 1.79. The Morgan fingerprint density at radius 3 is 2.78 bits per heavy atom. The molecular weight excluding hydrogens is 250 g/mol. The van der Waals surface area contributed by atoms with E-state index in [-0.39, 0.29) is 0 Å². The third kappa shape index (κ3) is 3.75. The second-order valence-corrected chi connectivity index (χ2v) is 4.32. The van der Waals surface area contributed by atoms with Gasteiger partial charge < -0.3 is 10.1 Å². The van der Waals surface area contributed by atoms with Crippen LogP contribution in [-0.2, 0) is 13.1 Å². The Bertz CT molecular complexity index is 481. The van der Waals surface area contributed by atoms with Gasteiger partial charge in [0, 0.05) is 24.2 Å². The van der Waals surface area contributed by atoms with E-state index in [1.807, 2.05) is 37.3 Å². The Hall–Kier alpha value is -1.52. The maximum atomic E-state index is 5.83. The van der Waals surface area contributed by atoms with Gasteiger partial charge in [-0.25, -0.2) is 5.10 Å². The van der Waals surface area contributed by atoms with Gasteiger partial charge in [-0.1, -0.05) is 23.7 Å². The molecule has 0 saturated heterocycles. The topological polar surface area (TPSA) is 49.9 Å². The lowest BCUT2D eigenvalue weighted by Gasteiger charge is -2.02. The van der Waals surface area contributed by atoms with Crippen molar-refractivity contribution in [2.45, 2.75) is 20.0 Å². The zero-order chi connectivity index (χ0) is 12.8. The van der Waals surface area contributed by atoms with Crippen LogP contribution in [0.5, 0.6) is 5.88 Å². The van der Waals surface area contributed by atoms with Crippen molar-refractivity contribution in [3.8, 4) is 5.88 Å². The molecule has 2 aromatic rings. The smallest absolute Gasteiger partial charge is 0.209 e. The van der Waals surface area contributed by atoms with E-state index < -0.39 is 0 Å². The number of benzene rings is 1. The van der Waals surface area contributed by atoms with Crippen LogP contribution < -0.4 is 10.1 Å². The largest absolute Gasteiger partial charge is 0.478 e. The van der Waals surface area contributed by atoms with Gasteiger partial charge in [0.05, 0.1) is 12.3 Å². The third-order valence-corrected chi connectivity index (χ3v) is 2.71. The average Bonchev–Trinajstić information content (AvgIpc) is 2.80. The molecule has 5 heteroatoms. The minimum atomic E-state index is 0.639. The van der Waals surface area contributed by atoms with E-state index >= 15 is 0 Å². The Kier molecular flexibility index (Phi) is 4.61. The molecule has 0 unspecified atom stereocenters. The van der Waals surface area contributed by atoms with Crippen molar-refractivity contribution < 1.29 is 4.74 Å². The number of rotatable bonds is 6. The number of ether oxygens (including phenoxy) is 1. The molecule has 0 fully saturated rings. The zero-order valence-electron chi connectivity index (χ0n) is 10.2. The van der Waals surface area contributed by atoms with E-state index in [0.717, 1.165) is 17.3 Å². The SMILES string of the molecule is CCOc1cc(CNCc2ccc(Cl)cc2)n[nH]1. The highest BCUT2D eigenvalue weighted by Crippen LogP contribution is 2.10. The Labute approximate surface area is 111 Å². The standard InChI is InChI=1S/C13H16ClN3O/c1-2-18-13-7-12(16-17-13)9-15-8-10-3-5-11(14)6-4-10/h3-7,15H,2,8-9H2,1H3,(H,16,17). The van der Waals surface area contributed by atoms with E-state index in [1.54, 1.807) is 0 Å². The van der Waals surface area contributed by atoms with E-state index in [2.05, 4.69) is 15.5 Å². The Morgan fingerprint density at radius 1 is 1.28 bits per heavy atom. The molecule has 0 bridgehead atoms. The molecule has 0 aliphatic heterocycles. The summed E-state index contributed by atoms with van der Waals surface area (Å²) >= 11 is 5.83. The lowest BCUT2D eigenvalue weighted by molar-refractivity contribution is 0.326. The Morgan fingerprint density at radius 2 is 2.06 bits per heavy atom. The summed E-state index contributed by atoms with van der Waals surface area (Å²) in [5, 5.41) is 11.0. The molecule has 0 amide bonds. The monoisotopic (exact) mass is 265 g/mol. The molecule has 0 aliphatic carbocycles. The number of hydrogen-bond donors (Lipinski definition) is 2. The van der Waals surface area contributed by atoms with Crippen LogP contribution in [0.3, 0.4) is 0 Å². The predicted octanol–water partition coefficient (Wildman–Crippen LogP) is 2.75. The molecule has 0 spiro atoms. The molecule has 4 nitrogen and oxygen atoms in total. The molecular formula is C13H16ClN3O. The minimum absolute atomic E-state index is 0.639. The van der Waals surface area contributed by atoms with Gasteiger partial charge in [-0.2, -0.15) is 5.10 Å². The fourth-order valence-electron chi connectivity index (χ4n) is 1.60. The van der Waals surface area contributed by atoms with Gasteiger partial charge in [0.2, 0.25) is 5.88 Å². The van der Waals surface area contributed by atoms with Crippen LogP contribution in [0.4, 0.5) is 0 Å². The van der Waals surface area contributed by atoms with Crippen LogP contribution in [0.25, 0.3) is 0 Å². The van der Waals surface area contributed by atoms with Crippen molar-refractivity contribution in [2.75, 3.05) is 6.61 Å². The summed E-state index contributed by atoms with van der Waals surface area (Å²) in [4.78, 5) is 0. The van der Waals surface area contributed by atoms with Crippen molar-refractivity contribution in [3.63, 3.8) is 0 Å². The van der Waals surface area contributed by atoms with Crippen molar-refractivity contribution in [2.24, 2.45) is 0 Å². The highest BCUT2D eigenvalue weighted by Gasteiger charge is 2.01. The summed E-state index contributed by atoms with van der Waals surface area (Å²) in [6, 6.07) is 9.69.